The van der Waals surface area contributed by atoms with Gasteiger partial charge in [-0.1, -0.05) is 30.9 Å². The zero-order valence-electron chi connectivity index (χ0n) is 9.05. The number of aromatic nitrogens is 2. The highest BCUT2D eigenvalue weighted by Gasteiger charge is 2.31. The van der Waals surface area contributed by atoms with Crippen LogP contribution in [0.15, 0.2) is 12.5 Å². The zero-order valence-corrected chi connectivity index (χ0v) is 10.6. The zero-order chi connectivity index (χ0) is 11.4. The maximum Gasteiger partial charge on any atom is 0.148 e. The minimum atomic E-state index is -0.0439. The van der Waals surface area contributed by atoms with Crippen LogP contribution in [0.3, 0.4) is 0 Å². The van der Waals surface area contributed by atoms with Crippen LogP contribution in [0.1, 0.15) is 32.1 Å². The van der Waals surface area contributed by atoms with Crippen LogP contribution in [0.25, 0.3) is 0 Å². The van der Waals surface area contributed by atoms with E-state index in [0.29, 0.717) is 16.7 Å². The molecule has 2 rings (SSSR count). The van der Waals surface area contributed by atoms with Gasteiger partial charge in [-0.3, -0.25) is 0 Å². The summed E-state index contributed by atoms with van der Waals surface area (Å²) in [6.07, 6.45) is 8.97. The van der Waals surface area contributed by atoms with E-state index in [-0.39, 0.29) is 5.54 Å². The van der Waals surface area contributed by atoms with Gasteiger partial charge in [0.15, 0.2) is 0 Å². The number of halogens is 2. The van der Waals surface area contributed by atoms with Gasteiger partial charge in [-0.15, -0.1) is 11.6 Å². The van der Waals surface area contributed by atoms with Crippen LogP contribution < -0.4 is 5.32 Å². The molecule has 1 saturated carbocycles. The molecule has 88 valence electrons. The van der Waals surface area contributed by atoms with Crippen LogP contribution in [-0.4, -0.2) is 21.4 Å². The first-order valence-corrected chi connectivity index (χ1v) is 6.47. The largest absolute Gasteiger partial charge is 0.362 e. The molecule has 0 amide bonds. The molecule has 1 aromatic rings. The third-order valence-corrected chi connectivity index (χ3v) is 3.91. The highest BCUT2D eigenvalue weighted by Crippen LogP contribution is 2.33. The molecule has 5 heteroatoms. The molecule has 0 bridgehead atoms. The van der Waals surface area contributed by atoms with E-state index in [2.05, 4.69) is 15.3 Å². The number of anilines is 1. The molecular formula is C11H15Cl2N3. The molecule has 1 aromatic heterocycles. The molecule has 0 atom stereocenters. The third-order valence-electron chi connectivity index (χ3n) is 3.12. The van der Waals surface area contributed by atoms with Gasteiger partial charge in [0, 0.05) is 5.88 Å². The molecule has 0 radical (unpaired) electrons. The van der Waals surface area contributed by atoms with Crippen LogP contribution in [0, 0.1) is 0 Å². The number of nitrogens with zero attached hydrogens (tertiary/aromatic N) is 2. The molecule has 1 fully saturated rings. The summed E-state index contributed by atoms with van der Waals surface area (Å²) >= 11 is 12.1. The van der Waals surface area contributed by atoms with Gasteiger partial charge in [0.25, 0.3) is 0 Å². The highest BCUT2D eigenvalue weighted by molar-refractivity contribution is 6.32. The van der Waals surface area contributed by atoms with Crippen molar-refractivity contribution in [3.8, 4) is 0 Å². The topological polar surface area (TPSA) is 37.8 Å². The van der Waals surface area contributed by atoms with Crippen molar-refractivity contribution in [2.45, 2.75) is 37.6 Å². The number of hydrogen-bond acceptors (Lipinski definition) is 3. The Hall–Kier alpha value is -0.540. The van der Waals surface area contributed by atoms with E-state index in [4.69, 9.17) is 23.2 Å². The quantitative estimate of drug-likeness (QED) is 0.845. The first kappa shape index (κ1) is 11.9. The lowest BCUT2D eigenvalue weighted by molar-refractivity contribution is 0.352. The molecule has 0 aromatic carbocycles. The van der Waals surface area contributed by atoms with E-state index < -0.39 is 0 Å². The summed E-state index contributed by atoms with van der Waals surface area (Å²) in [5.74, 6) is 1.28. The fourth-order valence-corrected chi connectivity index (χ4v) is 2.66. The molecule has 16 heavy (non-hydrogen) atoms. The Morgan fingerprint density at radius 3 is 2.69 bits per heavy atom. The minimum absolute atomic E-state index is 0.0439. The van der Waals surface area contributed by atoms with E-state index in [1.807, 2.05) is 0 Å². The van der Waals surface area contributed by atoms with Gasteiger partial charge < -0.3 is 5.32 Å². The number of alkyl halides is 1. The molecule has 0 spiro atoms. The van der Waals surface area contributed by atoms with Crippen LogP contribution in [0.2, 0.25) is 5.02 Å². The van der Waals surface area contributed by atoms with Crippen molar-refractivity contribution in [2.24, 2.45) is 0 Å². The summed E-state index contributed by atoms with van der Waals surface area (Å²) in [4.78, 5) is 8.02. The van der Waals surface area contributed by atoms with Crippen molar-refractivity contribution in [2.75, 3.05) is 11.2 Å². The fourth-order valence-electron chi connectivity index (χ4n) is 2.18. The number of rotatable bonds is 3. The van der Waals surface area contributed by atoms with Gasteiger partial charge in [-0.25, -0.2) is 9.97 Å². The second-order valence-electron chi connectivity index (χ2n) is 4.32. The molecule has 1 aliphatic carbocycles. The van der Waals surface area contributed by atoms with E-state index in [0.717, 1.165) is 12.8 Å². The average molecular weight is 260 g/mol. The monoisotopic (exact) mass is 259 g/mol. The van der Waals surface area contributed by atoms with E-state index in [1.54, 1.807) is 6.20 Å². The summed E-state index contributed by atoms with van der Waals surface area (Å²) in [5, 5.41) is 3.95. The van der Waals surface area contributed by atoms with E-state index in [9.17, 15) is 0 Å². The maximum absolute atomic E-state index is 6.09. The molecule has 0 unspecified atom stereocenters. The van der Waals surface area contributed by atoms with Gasteiger partial charge in [0.1, 0.15) is 17.2 Å². The second kappa shape index (κ2) is 5.19. The summed E-state index contributed by atoms with van der Waals surface area (Å²) < 4.78 is 0. The Balaban J connectivity index is 2.15. The van der Waals surface area contributed by atoms with E-state index in [1.165, 1.54) is 25.6 Å². The smallest absolute Gasteiger partial charge is 0.148 e. The average Bonchev–Trinajstić information content (AvgIpc) is 2.33. The summed E-state index contributed by atoms with van der Waals surface area (Å²) in [7, 11) is 0. The Bertz CT molecular complexity index is 351. The molecule has 1 N–H and O–H groups in total. The Morgan fingerprint density at radius 2 is 2.06 bits per heavy atom. The van der Waals surface area contributed by atoms with Crippen LogP contribution in [0.4, 0.5) is 5.82 Å². The van der Waals surface area contributed by atoms with Gasteiger partial charge >= 0.3 is 0 Å². The van der Waals surface area contributed by atoms with E-state index >= 15 is 0 Å². The van der Waals surface area contributed by atoms with Crippen molar-refractivity contribution in [3.63, 3.8) is 0 Å². The van der Waals surface area contributed by atoms with Gasteiger partial charge in [-0.05, 0) is 12.8 Å². The Labute approximate surface area is 106 Å². The fraction of sp³-hybridized carbons (Fsp3) is 0.636. The highest BCUT2D eigenvalue weighted by atomic mass is 35.5. The Kier molecular flexibility index (Phi) is 3.87. The first-order chi connectivity index (χ1) is 7.76. The molecular weight excluding hydrogens is 245 g/mol. The molecule has 3 nitrogen and oxygen atoms in total. The summed E-state index contributed by atoms with van der Waals surface area (Å²) in [6, 6.07) is 0. The van der Waals surface area contributed by atoms with Gasteiger partial charge in [0.05, 0.1) is 11.7 Å². The van der Waals surface area contributed by atoms with Crippen LogP contribution in [-0.2, 0) is 0 Å². The number of nitrogens with one attached hydrogen (secondary N) is 1. The van der Waals surface area contributed by atoms with Crippen molar-refractivity contribution in [3.05, 3.63) is 17.5 Å². The van der Waals surface area contributed by atoms with Gasteiger partial charge in [0.2, 0.25) is 0 Å². The molecule has 0 aliphatic heterocycles. The third kappa shape index (κ3) is 2.58. The lowest BCUT2D eigenvalue weighted by Gasteiger charge is -2.37. The lowest BCUT2D eigenvalue weighted by atomic mass is 9.83. The predicted molar refractivity (Wildman–Crippen MR) is 67.2 cm³/mol. The van der Waals surface area contributed by atoms with Crippen LogP contribution in [0.5, 0.6) is 0 Å². The second-order valence-corrected chi connectivity index (χ2v) is 4.99. The predicted octanol–water partition coefficient (Wildman–Crippen LogP) is 3.48. The maximum atomic E-state index is 6.09. The lowest BCUT2D eigenvalue weighted by Crippen LogP contribution is -2.42. The van der Waals surface area contributed by atoms with Gasteiger partial charge in [-0.2, -0.15) is 0 Å². The molecule has 1 heterocycles. The first-order valence-electron chi connectivity index (χ1n) is 5.55. The standard InChI is InChI=1S/C11H15Cl2N3/c12-7-11(4-2-1-3-5-11)16-10-9(13)6-14-8-15-10/h6,8H,1-5,7H2,(H,14,15,16). The SMILES string of the molecule is ClCC1(Nc2ncncc2Cl)CCCCC1. The summed E-state index contributed by atoms with van der Waals surface area (Å²) in [5.41, 5.74) is -0.0439. The molecule has 1 aliphatic rings. The van der Waals surface area contributed by atoms with Crippen LogP contribution >= 0.6 is 23.2 Å². The Morgan fingerprint density at radius 1 is 1.31 bits per heavy atom. The molecule has 0 saturated heterocycles. The van der Waals surface area contributed by atoms with Crippen molar-refractivity contribution in [1.82, 2.24) is 9.97 Å². The van der Waals surface area contributed by atoms with Crippen molar-refractivity contribution >= 4 is 29.0 Å². The minimum Gasteiger partial charge on any atom is -0.362 e. The summed E-state index contributed by atoms with van der Waals surface area (Å²) in [6.45, 7) is 0. The number of hydrogen-bond donors (Lipinski definition) is 1. The van der Waals surface area contributed by atoms with Crippen molar-refractivity contribution < 1.29 is 0 Å². The normalized spacial score (nSPS) is 19.4. The van der Waals surface area contributed by atoms with Crippen molar-refractivity contribution in [1.29, 1.82) is 0 Å².